The van der Waals surface area contributed by atoms with Gasteiger partial charge < -0.3 is 10.2 Å². The molecule has 26 heavy (non-hydrogen) atoms. The average Bonchev–Trinajstić information content (AvgIpc) is 3.06. The van der Waals surface area contributed by atoms with Gasteiger partial charge in [0.15, 0.2) is 6.10 Å². The van der Waals surface area contributed by atoms with E-state index in [4.69, 9.17) is 28.0 Å². The average molecular weight is 404 g/mol. The van der Waals surface area contributed by atoms with Gasteiger partial charge in [0.1, 0.15) is 13.1 Å². The number of hydrogen-bond donors (Lipinski definition) is 1. The molecule has 0 amide bonds. The fourth-order valence-corrected chi connectivity index (χ4v) is 3.01. The molecule has 0 aliphatic carbocycles. The number of benzene rings is 2. The van der Waals surface area contributed by atoms with Crippen molar-refractivity contribution in [2.45, 2.75) is 25.2 Å². The van der Waals surface area contributed by atoms with Gasteiger partial charge in [0.25, 0.3) is 0 Å². The molecule has 0 radical (unpaired) electrons. The Morgan fingerprint density at radius 3 is 2.65 bits per heavy atom. The van der Waals surface area contributed by atoms with E-state index < -0.39 is 11.7 Å². The van der Waals surface area contributed by atoms with Crippen LogP contribution in [0, 0.1) is 0 Å². The summed E-state index contributed by atoms with van der Waals surface area (Å²) in [4.78, 5) is 5.41. The predicted octanol–water partition coefficient (Wildman–Crippen LogP) is 4.27. The maximum atomic E-state index is 12.7. The summed E-state index contributed by atoms with van der Waals surface area (Å²) in [5, 5.41) is 6.91. The first-order valence-corrected chi connectivity index (χ1v) is 8.74. The molecule has 0 spiro atoms. The molecule has 1 atom stereocenters. The lowest BCUT2D eigenvalue weighted by molar-refractivity contribution is -0.676. The van der Waals surface area contributed by atoms with Crippen molar-refractivity contribution in [3.8, 4) is 0 Å². The van der Waals surface area contributed by atoms with Crippen molar-refractivity contribution in [2.24, 2.45) is 5.16 Å². The van der Waals surface area contributed by atoms with E-state index in [1.54, 1.807) is 18.2 Å². The van der Waals surface area contributed by atoms with Crippen molar-refractivity contribution in [1.29, 1.82) is 0 Å². The Kier molecular flexibility index (Phi) is 5.75. The zero-order chi connectivity index (χ0) is 18.7. The van der Waals surface area contributed by atoms with E-state index in [0.29, 0.717) is 35.1 Å². The van der Waals surface area contributed by atoms with Gasteiger partial charge in [0.05, 0.1) is 21.3 Å². The Morgan fingerprint density at radius 2 is 1.92 bits per heavy atom. The molecule has 0 aromatic heterocycles. The van der Waals surface area contributed by atoms with Crippen molar-refractivity contribution in [3.05, 3.63) is 69.2 Å². The molecular weight excluding hydrogens is 388 g/mol. The van der Waals surface area contributed by atoms with E-state index in [1.165, 1.54) is 12.1 Å². The Morgan fingerprint density at radius 1 is 1.12 bits per heavy atom. The number of alkyl halides is 3. The third-order valence-electron chi connectivity index (χ3n) is 4.05. The van der Waals surface area contributed by atoms with E-state index in [-0.39, 0.29) is 6.10 Å². The molecule has 2 N–H and O–H groups in total. The van der Waals surface area contributed by atoms with Gasteiger partial charge in [-0.25, -0.2) is 0 Å². The second-order valence-electron chi connectivity index (χ2n) is 6.03. The lowest BCUT2D eigenvalue weighted by Crippen LogP contribution is -2.84. The summed E-state index contributed by atoms with van der Waals surface area (Å²) in [6.45, 7) is 1.02. The maximum absolute atomic E-state index is 12.7. The van der Waals surface area contributed by atoms with Gasteiger partial charge in [-0.2, -0.15) is 13.2 Å². The molecule has 0 saturated heterocycles. The molecule has 0 bridgehead atoms. The summed E-state index contributed by atoms with van der Waals surface area (Å²) in [5.74, 6) is 0. The maximum Gasteiger partial charge on any atom is 0.416 e. The lowest BCUT2D eigenvalue weighted by atomic mass is 10.0. The van der Waals surface area contributed by atoms with Gasteiger partial charge in [0, 0.05) is 17.5 Å². The van der Waals surface area contributed by atoms with Gasteiger partial charge in [-0.1, -0.05) is 46.6 Å². The first-order chi connectivity index (χ1) is 12.3. The molecule has 3 rings (SSSR count). The standard InChI is InChI=1S/C18H15Cl2F3N2O/c19-15-5-4-12(7-16(15)20)17-8-14(26-25-17)10-24-9-11-2-1-3-13(6-11)18(21,22)23/h1-7,14,24H,8-10H2/p+1/t14-/m1/s1. The highest BCUT2D eigenvalue weighted by atomic mass is 35.5. The second-order valence-corrected chi connectivity index (χ2v) is 6.84. The summed E-state index contributed by atoms with van der Waals surface area (Å²) in [6.07, 6.45) is -3.85. The van der Waals surface area contributed by atoms with Crippen LogP contribution in [-0.4, -0.2) is 18.4 Å². The van der Waals surface area contributed by atoms with Crippen LogP contribution in [0.4, 0.5) is 13.2 Å². The quantitative estimate of drug-likeness (QED) is 0.795. The molecular formula is C18H16Cl2F3N2O+. The number of halogens is 5. The van der Waals surface area contributed by atoms with Crippen LogP contribution in [0.15, 0.2) is 47.6 Å². The normalized spacial score (nSPS) is 17.1. The molecule has 0 unspecified atom stereocenters. The topological polar surface area (TPSA) is 38.2 Å². The Hall–Kier alpha value is -1.76. The number of hydrogen-bond acceptors (Lipinski definition) is 2. The zero-order valence-electron chi connectivity index (χ0n) is 13.6. The van der Waals surface area contributed by atoms with E-state index in [9.17, 15) is 13.2 Å². The van der Waals surface area contributed by atoms with Crippen LogP contribution in [0.3, 0.4) is 0 Å². The third kappa shape index (κ3) is 4.69. The Balaban J connectivity index is 1.51. The molecule has 8 heteroatoms. The number of rotatable bonds is 5. The van der Waals surface area contributed by atoms with Gasteiger partial charge in [0.2, 0.25) is 0 Å². The highest BCUT2D eigenvalue weighted by Crippen LogP contribution is 2.29. The van der Waals surface area contributed by atoms with Gasteiger partial charge in [-0.05, 0) is 24.3 Å². The van der Waals surface area contributed by atoms with E-state index in [0.717, 1.165) is 17.3 Å². The van der Waals surface area contributed by atoms with E-state index >= 15 is 0 Å². The molecule has 1 aliphatic heterocycles. The predicted molar refractivity (Wildman–Crippen MR) is 94.4 cm³/mol. The minimum atomic E-state index is -4.33. The highest BCUT2D eigenvalue weighted by Gasteiger charge is 2.30. The summed E-state index contributed by atoms with van der Waals surface area (Å²) < 4.78 is 38.2. The highest BCUT2D eigenvalue weighted by molar-refractivity contribution is 6.42. The Bertz CT molecular complexity index is 824. The summed E-state index contributed by atoms with van der Waals surface area (Å²) >= 11 is 11.9. The minimum Gasteiger partial charge on any atom is -0.386 e. The fourth-order valence-electron chi connectivity index (χ4n) is 2.71. The van der Waals surface area contributed by atoms with E-state index in [1.807, 2.05) is 11.4 Å². The van der Waals surface area contributed by atoms with Crippen molar-refractivity contribution in [2.75, 3.05) is 6.54 Å². The largest absolute Gasteiger partial charge is 0.416 e. The Labute approximate surface area is 158 Å². The van der Waals surface area contributed by atoms with Gasteiger partial charge >= 0.3 is 6.18 Å². The van der Waals surface area contributed by atoms with Crippen LogP contribution in [0.25, 0.3) is 0 Å². The van der Waals surface area contributed by atoms with Crippen LogP contribution in [0.5, 0.6) is 0 Å². The first-order valence-electron chi connectivity index (χ1n) is 7.99. The van der Waals surface area contributed by atoms with Crippen molar-refractivity contribution >= 4 is 28.9 Å². The van der Waals surface area contributed by atoms with Gasteiger partial charge in [-0.15, -0.1) is 0 Å². The molecule has 2 aromatic carbocycles. The lowest BCUT2D eigenvalue weighted by Gasteiger charge is -2.10. The van der Waals surface area contributed by atoms with Gasteiger partial charge in [-0.3, -0.25) is 0 Å². The molecule has 0 fully saturated rings. The summed E-state index contributed by atoms with van der Waals surface area (Å²) in [7, 11) is 0. The number of nitrogens with two attached hydrogens (primary N) is 1. The molecule has 2 aromatic rings. The molecule has 1 aliphatic rings. The van der Waals surface area contributed by atoms with Crippen molar-refractivity contribution < 1.29 is 23.3 Å². The number of quaternary nitrogens is 1. The third-order valence-corrected chi connectivity index (χ3v) is 4.79. The van der Waals surface area contributed by atoms with Crippen molar-refractivity contribution in [3.63, 3.8) is 0 Å². The molecule has 138 valence electrons. The van der Waals surface area contributed by atoms with Crippen LogP contribution in [0.2, 0.25) is 10.0 Å². The first kappa shape index (κ1) is 19.0. The zero-order valence-corrected chi connectivity index (χ0v) is 15.1. The van der Waals surface area contributed by atoms with Crippen molar-refractivity contribution in [1.82, 2.24) is 0 Å². The van der Waals surface area contributed by atoms with Crippen LogP contribution in [0.1, 0.15) is 23.1 Å². The SMILES string of the molecule is FC(F)(F)c1cccc(C[NH2+]C[C@H]2CC(c3ccc(Cl)c(Cl)c3)=NO2)c1. The molecule has 3 nitrogen and oxygen atoms in total. The number of oxime groups is 1. The van der Waals surface area contributed by atoms with Crippen LogP contribution in [-0.2, 0) is 17.6 Å². The smallest absolute Gasteiger partial charge is 0.386 e. The number of nitrogens with zero attached hydrogens (tertiary/aromatic N) is 1. The van der Waals surface area contributed by atoms with Crippen LogP contribution >= 0.6 is 23.2 Å². The molecule has 0 saturated carbocycles. The second kappa shape index (κ2) is 7.86. The minimum absolute atomic E-state index is 0.134. The monoisotopic (exact) mass is 403 g/mol. The molecule has 1 heterocycles. The summed E-state index contributed by atoms with van der Waals surface area (Å²) in [5.41, 5.74) is 1.61. The van der Waals surface area contributed by atoms with Crippen LogP contribution < -0.4 is 5.32 Å². The van der Waals surface area contributed by atoms with E-state index in [2.05, 4.69) is 5.16 Å². The summed E-state index contributed by atoms with van der Waals surface area (Å²) in [6, 6.07) is 10.6. The fraction of sp³-hybridized carbons (Fsp3) is 0.278.